The minimum absolute atomic E-state index is 0. The van der Waals surface area contributed by atoms with Gasteiger partial charge in [0.1, 0.15) is 18.0 Å². The summed E-state index contributed by atoms with van der Waals surface area (Å²) < 4.78 is 0. The average Bonchev–Trinajstić information content (AvgIpc) is 3.37. The van der Waals surface area contributed by atoms with Crippen LogP contribution in [0.2, 0.25) is 0 Å². The number of guanidine groups is 1. The number of thiophene rings is 1. The Morgan fingerprint density at radius 2 is 2.00 bits per heavy atom. The average molecular weight is 511 g/mol. The minimum Gasteiger partial charge on any atom is -0.383 e. The third-order valence-corrected chi connectivity index (χ3v) is 5.22. The Labute approximate surface area is 186 Å². The molecule has 0 spiro atoms. The van der Waals surface area contributed by atoms with E-state index in [1.807, 2.05) is 61.0 Å². The molecule has 2 heterocycles. The molecule has 0 bridgehead atoms. The van der Waals surface area contributed by atoms with Crippen LogP contribution >= 0.6 is 35.3 Å². The van der Waals surface area contributed by atoms with Gasteiger partial charge in [0.05, 0.1) is 18.4 Å². The number of aromatic nitrogens is 2. The topological polar surface area (TPSA) is 85.3 Å². The van der Waals surface area contributed by atoms with Crippen molar-refractivity contribution in [3.63, 3.8) is 0 Å². The molecule has 0 saturated heterocycles. The number of halogens is 1. The molecule has 3 rings (SSSR count). The van der Waals surface area contributed by atoms with Crippen LogP contribution in [0.15, 0.2) is 59.0 Å². The van der Waals surface area contributed by atoms with Crippen LogP contribution in [0.5, 0.6) is 0 Å². The third kappa shape index (κ3) is 6.05. The van der Waals surface area contributed by atoms with Crippen LogP contribution < -0.4 is 10.6 Å². The van der Waals surface area contributed by atoms with Crippen molar-refractivity contribution < 1.29 is 5.11 Å². The maximum absolute atomic E-state index is 10.7. The molecular weight excluding hydrogens is 485 g/mol. The summed E-state index contributed by atoms with van der Waals surface area (Å²) in [6.07, 6.45) is 1.82. The molecule has 0 radical (unpaired) electrons. The Hall–Kier alpha value is -1.91. The third-order valence-electron chi connectivity index (χ3n) is 4.10. The van der Waals surface area contributed by atoms with Gasteiger partial charge in [-0.15, -0.1) is 35.3 Å². The second kappa shape index (κ2) is 10.6. The van der Waals surface area contributed by atoms with Crippen molar-refractivity contribution in [2.45, 2.75) is 26.0 Å². The number of benzene rings is 1. The Morgan fingerprint density at radius 3 is 2.68 bits per heavy atom. The zero-order valence-electron chi connectivity index (χ0n) is 16.0. The van der Waals surface area contributed by atoms with Gasteiger partial charge in [0.2, 0.25) is 0 Å². The molecule has 0 aliphatic rings. The van der Waals surface area contributed by atoms with Crippen LogP contribution in [-0.2, 0) is 12.1 Å². The van der Waals surface area contributed by atoms with Gasteiger partial charge in [-0.1, -0.05) is 36.4 Å². The van der Waals surface area contributed by atoms with Gasteiger partial charge >= 0.3 is 0 Å². The van der Waals surface area contributed by atoms with E-state index in [-0.39, 0.29) is 24.0 Å². The smallest absolute Gasteiger partial charge is 0.191 e. The molecule has 2 aromatic heterocycles. The highest BCUT2D eigenvalue weighted by atomic mass is 127. The van der Waals surface area contributed by atoms with E-state index in [4.69, 9.17) is 0 Å². The monoisotopic (exact) mass is 511 g/mol. The zero-order chi connectivity index (χ0) is 19.1. The summed E-state index contributed by atoms with van der Waals surface area (Å²) in [5.74, 6) is 1.43. The van der Waals surface area contributed by atoms with Gasteiger partial charge in [-0.25, -0.2) is 9.98 Å². The van der Waals surface area contributed by atoms with E-state index < -0.39 is 5.60 Å². The Bertz CT molecular complexity index is 862. The number of aliphatic imine (C=N–C) groups is 1. The van der Waals surface area contributed by atoms with Gasteiger partial charge in [-0.05, 0) is 30.9 Å². The molecule has 1 aromatic carbocycles. The summed E-state index contributed by atoms with van der Waals surface area (Å²) in [6, 6.07) is 13.9. The van der Waals surface area contributed by atoms with E-state index >= 15 is 0 Å². The Kier molecular flexibility index (Phi) is 8.46. The van der Waals surface area contributed by atoms with Gasteiger partial charge in [0.15, 0.2) is 5.96 Å². The van der Waals surface area contributed by atoms with Crippen molar-refractivity contribution in [3.8, 4) is 11.3 Å². The van der Waals surface area contributed by atoms with E-state index in [0.717, 1.165) is 28.5 Å². The lowest BCUT2D eigenvalue weighted by Gasteiger charge is -2.23. The van der Waals surface area contributed by atoms with Crippen LogP contribution in [0.1, 0.15) is 24.5 Å². The molecule has 1 unspecified atom stereocenters. The second-order valence-corrected chi connectivity index (χ2v) is 7.36. The first-order chi connectivity index (χ1) is 13.1. The number of hydrogen-bond donors (Lipinski definition) is 4. The van der Waals surface area contributed by atoms with E-state index in [1.165, 1.54) is 0 Å². The largest absolute Gasteiger partial charge is 0.383 e. The predicted octanol–water partition coefficient (Wildman–Crippen LogP) is 3.72. The fraction of sp³-hybridized carbons (Fsp3) is 0.300. The second-order valence-electron chi connectivity index (χ2n) is 6.41. The first-order valence-electron chi connectivity index (χ1n) is 8.96. The number of H-pyrrole nitrogens is 1. The first kappa shape index (κ1) is 22.4. The fourth-order valence-corrected chi connectivity index (χ4v) is 3.42. The van der Waals surface area contributed by atoms with Crippen molar-refractivity contribution in [2.75, 3.05) is 13.1 Å². The van der Waals surface area contributed by atoms with Crippen molar-refractivity contribution in [3.05, 3.63) is 64.7 Å². The summed E-state index contributed by atoms with van der Waals surface area (Å²) in [6.45, 7) is 5.33. The highest BCUT2D eigenvalue weighted by Gasteiger charge is 2.24. The molecule has 0 fully saturated rings. The number of hydrogen-bond acceptors (Lipinski definition) is 4. The lowest BCUT2D eigenvalue weighted by atomic mass is 10.1. The first-order valence-corrected chi connectivity index (χ1v) is 9.84. The van der Waals surface area contributed by atoms with Crippen LogP contribution in [0.3, 0.4) is 0 Å². The standard InChI is InChI=1S/C20H25N5OS.HI/c1-3-21-19(24-14-20(2,26)17-10-7-11-27-17)23-13-18-22-12-16(25-18)15-8-5-4-6-9-15;/h4-12,26H,3,13-14H2,1-2H3,(H,22,25)(H2,21,23,24);1H. The highest BCUT2D eigenvalue weighted by Crippen LogP contribution is 2.24. The van der Waals surface area contributed by atoms with Gasteiger partial charge in [0.25, 0.3) is 0 Å². The molecule has 0 saturated carbocycles. The number of aliphatic hydroxyl groups is 1. The number of nitrogens with zero attached hydrogens (tertiary/aromatic N) is 2. The maximum atomic E-state index is 10.7. The molecule has 8 heteroatoms. The molecule has 0 aliphatic heterocycles. The molecule has 4 N–H and O–H groups in total. The number of nitrogens with one attached hydrogen (secondary N) is 3. The molecule has 28 heavy (non-hydrogen) atoms. The van der Waals surface area contributed by atoms with Gasteiger partial charge < -0.3 is 20.7 Å². The molecule has 1 atom stereocenters. The summed E-state index contributed by atoms with van der Waals surface area (Å²) in [7, 11) is 0. The SMILES string of the molecule is CCNC(=NCc1ncc(-c2ccccc2)[nH]1)NCC(C)(O)c1cccs1.I. The van der Waals surface area contributed by atoms with Crippen LogP contribution in [-0.4, -0.2) is 34.1 Å². The summed E-state index contributed by atoms with van der Waals surface area (Å²) in [5, 5.41) is 19.0. The maximum Gasteiger partial charge on any atom is 0.191 e. The zero-order valence-corrected chi connectivity index (χ0v) is 19.1. The minimum atomic E-state index is -0.949. The Balaban J connectivity index is 0.00000280. The quantitative estimate of drug-likeness (QED) is 0.221. The van der Waals surface area contributed by atoms with E-state index in [1.54, 1.807) is 18.3 Å². The lowest BCUT2D eigenvalue weighted by Crippen LogP contribution is -2.44. The van der Waals surface area contributed by atoms with Crippen molar-refractivity contribution in [1.82, 2.24) is 20.6 Å². The molecule has 0 aliphatic carbocycles. The number of rotatable bonds is 7. The van der Waals surface area contributed by atoms with Crippen LogP contribution in [0.4, 0.5) is 0 Å². The van der Waals surface area contributed by atoms with Crippen molar-refractivity contribution in [2.24, 2.45) is 4.99 Å². The molecular formula is C20H26IN5OS. The van der Waals surface area contributed by atoms with E-state index in [2.05, 4.69) is 25.6 Å². The lowest BCUT2D eigenvalue weighted by molar-refractivity contribution is 0.0655. The van der Waals surface area contributed by atoms with E-state index in [0.29, 0.717) is 19.0 Å². The molecule has 6 nitrogen and oxygen atoms in total. The normalized spacial score (nSPS) is 13.5. The Morgan fingerprint density at radius 1 is 1.21 bits per heavy atom. The summed E-state index contributed by atoms with van der Waals surface area (Å²) in [4.78, 5) is 13.2. The fourth-order valence-electron chi connectivity index (χ4n) is 2.63. The number of imidazole rings is 1. The predicted molar refractivity (Wildman–Crippen MR) is 126 cm³/mol. The summed E-state index contributed by atoms with van der Waals surface area (Å²) >= 11 is 1.54. The molecule has 150 valence electrons. The van der Waals surface area contributed by atoms with Crippen molar-refractivity contribution in [1.29, 1.82) is 0 Å². The van der Waals surface area contributed by atoms with Crippen LogP contribution in [0.25, 0.3) is 11.3 Å². The van der Waals surface area contributed by atoms with Crippen LogP contribution in [0, 0.1) is 0 Å². The summed E-state index contributed by atoms with van der Waals surface area (Å²) in [5.41, 5.74) is 1.12. The number of aromatic amines is 1. The van der Waals surface area contributed by atoms with Gasteiger partial charge in [-0.2, -0.15) is 0 Å². The van der Waals surface area contributed by atoms with Crippen molar-refractivity contribution >= 4 is 41.3 Å². The highest BCUT2D eigenvalue weighted by molar-refractivity contribution is 14.0. The van der Waals surface area contributed by atoms with Gasteiger partial charge in [0, 0.05) is 11.4 Å². The van der Waals surface area contributed by atoms with E-state index in [9.17, 15) is 5.11 Å². The molecule has 0 amide bonds. The molecule has 3 aromatic rings. The van der Waals surface area contributed by atoms with Gasteiger partial charge in [-0.3, -0.25) is 0 Å².